The van der Waals surface area contributed by atoms with Crippen molar-refractivity contribution in [3.8, 4) is 0 Å². The van der Waals surface area contributed by atoms with Gasteiger partial charge in [0.25, 0.3) is 11.9 Å². The number of aryl methyl sites for hydroxylation is 1. The third-order valence-electron chi connectivity index (χ3n) is 4.34. The molecular weight excluding hydrogens is 342 g/mol. The van der Waals surface area contributed by atoms with Crippen LogP contribution >= 0.6 is 11.6 Å². The molecule has 0 unspecified atom stereocenters. The highest BCUT2D eigenvalue weighted by Crippen LogP contribution is 2.25. The van der Waals surface area contributed by atoms with Crippen molar-refractivity contribution < 1.29 is 9.21 Å². The molecule has 0 saturated carbocycles. The number of carbonyl (C=O) groups is 1. The molecule has 0 radical (unpaired) electrons. The lowest BCUT2D eigenvalue weighted by molar-refractivity contribution is 0.0767. The first-order chi connectivity index (χ1) is 12.1. The van der Waals surface area contributed by atoms with Gasteiger partial charge in [-0.15, -0.1) is 0 Å². The maximum atomic E-state index is 12.6. The fourth-order valence-electron chi connectivity index (χ4n) is 3.05. The van der Waals surface area contributed by atoms with Gasteiger partial charge in [0, 0.05) is 44.4 Å². The lowest BCUT2D eigenvalue weighted by atomic mass is 10.3. The third-order valence-corrected chi connectivity index (χ3v) is 4.58. The number of oxazole rings is 1. The van der Waals surface area contributed by atoms with Crippen molar-refractivity contribution in [1.29, 1.82) is 0 Å². The summed E-state index contributed by atoms with van der Waals surface area (Å²) < 4.78 is 7.48. The Morgan fingerprint density at radius 2 is 2.12 bits per heavy atom. The summed E-state index contributed by atoms with van der Waals surface area (Å²) in [7, 11) is 1.81. The van der Waals surface area contributed by atoms with Gasteiger partial charge in [0.1, 0.15) is 5.52 Å². The molecule has 7 nitrogen and oxygen atoms in total. The third kappa shape index (κ3) is 3.19. The van der Waals surface area contributed by atoms with Gasteiger partial charge in [-0.25, -0.2) is 0 Å². The van der Waals surface area contributed by atoms with E-state index in [0.29, 0.717) is 41.8 Å². The van der Waals surface area contributed by atoms with E-state index in [4.69, 9.17) is 16.0 Å². The van der Waals surface area contributed by atoms with Gasteiger partial charge in [0.05, 0.1) is 11.8 Å². The van der Waals surface area contributed by atoms with Crippen LogP contribution in [0.15, 0.2) is 35.0 Å². The van der Waals surface area contributed by atoms with Crippen LogP contribution in [0.25, 0.3) is 11.1 Å². The number of nitrogens with zero attached hydrogens (tertiary/aromatic N) is 5. The number of hydrogen-bond acceptors (Lipinski definition) is 5. The van der Waals surface area contributed by atoms with Gasteiger partial charge in [-0.05, 0) is 24.6 Å². The molecule has 1 fully saturated rings. The molecule has 1 aromatic carbocycles. The van der Waals surface area contributed by atoms with Crippen molar-refractivity contribution in [2.24, 2.45) is 7.05 Å². The Kier molecular flexibility index (Phi) is 4.09. The van der Waals surface area contributed by atoms with Crippen LogP contribution in [-0.4, -0.2) is 51.8 Å². The van der Waals surface area contributed by atoms with Crippen molar-refractivity contribution >= 4 is 34.6 Å². The Labute approximate surface area is 149 Å². The average Bonchev–Trinajstić information content (AvgIpc) is 3.12. The molecule has 0 N–H and O–H groups in total. The molecule has 0 bridgehead atoms. The molecule has 1 aliphatic heterocycles. The maximum Gasteiger partial charge on any atom is 0.298 e. The molecule has 0 aliphatic carbocycles. The summed E-state index contributed by atoms with van der Waals surface area (Å²) in [6, 6.07) is 5.98. The van der Waals surface area contributed by atoms with Gasteiger partial charge >= 0.3 is 0 Å². The summed E-state index contributed by atoms with van der Waals surface area (Å²) in [6.07, 6.45) is 4.20. The Morgan fingerprint density at radius 1 is 1.24 bits per heavy atom. The summed E-state index contributed by atoms with van der Waals surface area (Å²) in [5.41, 5.74) is 2.08. The highest BCUT2D eigenvalue weighted by Gasteiger charge is 2.23. The SMILES string of the molecule is Cn1cc(C(=O)N2CCCN(c3nc4cc(Cl)ccc4o3)CC2)cn1. The Morgan fingerprint density at radius 3 is 2.92 bits per heavy atom. The van der Waals surface area contributed by atoms with Crippen molar-refractivity contribution in [2.45, 2.75) is 6.42 Å². The normalized spacial score (nSPS) is 15.6. The van der Waals surface area contributed by atoms with E-state index in [9.17, 15) is 4.79 Å². The fraction of sp³-hybridized carbons (Fsp3) is 0.353. The number of aromatic nitrogens is 3. The number of amides is 1. The first-order valence-corrected chi connectivity index (χ1v) is 8.57. The van der Waals surface area contributed by atoms with E-state index < -0.39 is 0 Å². The first-order valence-electron chi connectivity index (χ1n) is 8.19. The molecule has 3 aromatic rings. The smallest absolute Gasteiger partial charge is 0.298 e. The maximum absolute atomic E-state index is 12.6. The number of anilines is 1. The zero-order valence-corrected chi connectivity index (χ0v) is 14.6. The molecule has 1 aliphatic rings. The molecule has 8 heteroatoms. The van der Waals surface area contributed by atoms with E-state index in [2.05, 4.69) is 15.0 Å². The van der Waals surface area contributed by atoms with Crippen molar-refractivity contribution in [1.82, 2.24) is 19.7 Å². The number of halogens is 1. The number of fused-ring (bicyclic) bond motifs is 1. The summed E-state index contributed by atoms with van der Waals surface area (Å²) >= 11 is 6.01. The molecular formula is C17H18ClN5O2. The van der Waals surface area contributed by atoms with Crippen molar-refractivity contribution in [3.63, 3.8) is 0 Å². The van der Waals surface area contributed by atoms with Gasteiger partial charge in [-0.3, -0.25) is 9.48 Å². The second-order valence-corrected chi connectivity index (χ2v) is 6.58. The zero-order chi connectivity index (χ0) is 17.4. The van der Waals surface area contributed by atoms with Gasteiger partial charge in [0.15, 0.2) is 5.58 Å². The van der Waals surface area contributed by atoms with Gasteiger partial charge < -0.3 is 14.2 Å². The fourth-order valence-corrected chi connectivity index (χ4v) is 3.22. The zero-order valence-electron chi connectivity index (χ0n) is 13.9. The molecule has 4 rings (SSSR count). The minimum absolute atomic E-state index is 0.0132. The number of rotatable bonds is 2. The molecule has 25 heavy (non-hydrogen) atoms. The predicted octanol–water partition coefficient (Wildman–Crippen LogP) is 2.57. The minimum Gasteiger partial charge on any atom is -0.423 e. The number of benzene rings is 1. The van der Waals surface area contributed by atoms with Crippen molar-refractivity contribution in [3.05, 3.63) is 41.2 Å². The topological polar surface area (TPSA) is 67.4 Å². The summed E-state index contributed by atoms with van der Waals surface area (Å²) in [5, 5.41) is 4.71. The summed E-state index contributed by atoms with van der Waals surface area (Å²) in [4.78, 5) is 21.0. The Balaban J connectivity index is 1.49. The van der Waals surface area contributed by atoms with E-state index >= 15 is 0 Å². The van der Waals surface area contributed by atoms with Gasteiger partial charge in [0.2, 0.25) is 0 Å². The van der Waals surface area contributed by atoms with Crippen LogP contribution in [0.3, 0.4) is 0 Å². The van der Waals surface area contributed by atoms with E-state index in [1.807, 2.05) is 11.0 Å². The van der Waals surface area contributed by atoms with E-state index in [0.717, 1.165) is 18.5 Å². The molecule has 2 aromatic heterocycles. The highest BCUT2D eigenvalue weighted by atomic mass is 35.5. The Hall–Kier alpha value is -2.54. The van der Waals surface area contributed by atoms with Crippen LogP contribution in [0.5, 0.6) is 0 Å². The quantitative estimate of drug-likeness (QED) is 0.703. The van der Waals surface area contributed by atoms with Crippen LogP contribution in [-0.2, 0) is 7.05 Å². The van der Waals surface area contributed by atoms with Crippen LogP contribution < -0.4 is 4.90 Å². The summed E-state index contributed by atoms with van der Waals surface area (Å²) in [5.74, 6) is 0.0132. The van der Waals surface area contributed by atoms with Crippen LogP contribution in [0.1, 0.15) is 16.8 Å². The van der Waals surface area contributed by atoms with E-state index in [1.165, 1.54) is 0 Å². The largest absolute Gasteiger partial charge is 0.423 e. The van der Waals surface area contributed by atoms with Crippen LogP contribution in [0, 0.1) is 0 Å². The van der Waals surface area contributed by atoms with E-state index in [1.54, 1.807) is 36.3 Å². The molecule has 1 amide bonds. The summed E-state index contributed by atoms with van der Waals surface area (Å²) in [6.45, 7) is 2.79. The number of carbonyl (C=O) groups excluding carboxylic acids is 1. The van der Waals surface area contributed by atoms with Crippen LogP contribution in [0.4, 0.5) is 6.01 Å². The van der Waals surface area contributed by atoms with Crippen molar-refractivity contribution in [2.75, 3.05) is 31.1 Å². The molecule has 130 valence electrons. The second-order valence-electron chi connectivity index (χ2n) is 6.14. The predicted molar refractivity (Wildman–Crippen MR) is 95.0 cm³/mol. The monoisotopic (exact) mass is 359 g/mol. The lowest BCUT2D eigenvalue weighted by Gasteiger charge is -2.20. The second kappa shape index (κ2) is 6.40. The Bertz CT molecular complexity index is 919. The van der Waals surface area contributed by atoms with Gasteiger partial charge in [-0.1, -0.05) is 11.6 Å². The first kappa shape index (κ1) is 16.0. The standard InChI is InChI=1S/C17H18ClN5O2/c1-21-11-12(10-19-21)16(24)22-5-2-6-23(8-7-22)17-20-14-9-13(18)3-4-15(14)25-17/h3-4,9-11H,2,5-8H2,1H3. The average molecular weight is 360 g/mol. The molecule has 0 atom stereocenters. The van der Waals surface area contributed by atoms with Crippen LogP contribution in [0.2, 0.25) is 5.02 Å². The molecule has 1 saturated heterocycles. The molecule has 0 spiro atoms. The lowest BCUT2D eigenvalue weighted by Crippen LogP contribution is -2.35. The van der Waals surface area contributed by atoms with Gasteiger partial charge in [-0.2, -0.15) is 10.1 Å². The minimum atomic E-state index is 0.0132. The highest BCUT2D eigenvalue weighted by molar-refractivity contribution is 6.31. The molecule has 3 heterocycles. The van der Waals surface area contributed by atoms with E-state index in [-0.39, 0.29) is 5.91 Å². The number of hydrogen-bond donors (Lipinski definition) is 0.